The molecule has 2 atom stereocenters. The molecular formula is C15H14O3S. The Kier molecular flexibility index (Phi) is 2.73. The quantitative estimate of drug-likeness (QED) is 0.808. The number of hydrogen-bond donors (Lipinski definition) is 0. The van der Waals surface area contributed by atoms with Crippen LogP contribution in [0.2, 0.25) is 0 Å². The lowest BCUT2D eigenvalue weighted by molar-refractivity contribution is 0.357. The maximum Gasteiger partial charge on any atom is 0.210 e. The van der Waals surface area contributed by atoms with E-state index in [0.717, 1.165) is 5.56 Å². The number of sulfone groups is 1. The number of ether oxygens (including phenoxy) is 1. The molecule has 0 bridgehead atoms. The van der Waals surface area contributed by atoms with E-state index in [-0.39, 0.29) is 6.10 Å². The minimum absolute atomic E-state index is 0.302. The Morgan fingerprint density at radius 2 is 1.47 bits per heavy atom. The fourth-order valence-electron chi connectivity index (χ4n) is 2.24. The summed E-state index contributed by atoms with van der Waals surface area (Å²) in [5.74, 6) is 0. The highest BCUT2D eigenvalue weighted by Gasteiger charge is 2.63. The van der Waals surface area contributed by atoms with Crippen molar-refractivity contribution in [3.8, 4) is 0 Å². The van der Waals surface area contributed by atoms with Gasteiger partial charge in [-0.25, -0.2) is 8.42 Å². The molecule has 1 heterocycles. The highest BCUT2D eigenvalue weighted by atomic mass is 32.2. The molecule has 0 aliphatic carbocycles. The molecule has 19 heavy (non-hydrogen) atoms. The van der Waals surface area contributed by atoms with Gasteiger partial charge in [0.2, 0.25) is 14.8 Å². The Labute approximate surface area is 112 Å². The van der Waals surface area contributed by atoms with Crippen molar-refractivity contribution in [2.45, 2.75) is 22.9 Å². The van der Waals surface area contributed by atoms with E-state index in [1.54, 1.807) is 37.3 Å². The van der Waals surface area contributed by atoms with Crippen LogP contribution in [0.3, 0.4) is 0 Å². The minimum atomic E-state index is -3.48. The van der Waals surface area contributed by atoms with E-state index in [4.69, 9.17) is 4.74 Å². The number of benzene rings is 2. The van der Waals surface area contributed by atoms with Gasteiger partial charge in [0.15, 0.2) is 0 Å². The molecule has 4 heteroatoms. The summed E-state index contributed by atoms with van der Waals surface area (Å²) in [7, 11) is -3.48. The van der Waals surface area contributed by atoms with Gasteiger partial charge in [-0.3, -0.25) is 0 Å². The van der Waals surface area contributed by atoms with Crippen molar-refractivity contribution >= 4 is 9.84 Å². The van der Waals surface area contributed by atoms with Crippen molar-refractivity contribution in [1.82, 2.24) is 0 Å². The molecule has 0 spiro atoms. The van der Waals surface area contributed by atoms with Gasteiger partial charge in [-0.1, -0.05) is 48.5 Å². The van der Waals surface area contributed by atoms with Crippen LogP contribution >= 0.6 is 0 Å². The van der Waals surface area contributed by atoms with Crippen LogP contribution in [0, 0.1) is 0 Å². The average Bonchev–Trinajstić information content (AvgIpc) is 3.15. The Morgan fingerprint density at radius 3 is 2.05 bits per heavy atom. The van der Waals surface area contributed by atoms with Crippen molar-refractivity contribution in [1.29, 1.82) is 0 Å². The Morgan fingerprint density at radius 1 is 0.947 bits per heavy atom. The maximum absolute atomic E-state index is 12.6. The zero-order valence-electron chi connectivity index (χ0n) is 10.5. The zero-order valence-corrected chi connectivity index (χ0v) is 11.3. The second kappa shape index (κ2) is 4.18. The zero-order chi connectivity index (χ0) is 13.5. The molecule has 3 rings (SSSR count). The lowest BCUT2D eigenvalue weighted by Gasteiger charge is -2.09. The summed E-state index contributed by atoms with van der Waals surface area (Å²) in [5.41, 5.74) is 0.893. The molecule has 0 N–H and O–H groups in total. The standard InChI is InChI=1S/C15H14O3S/c1-15(14(18-15)12-8-4-2-5-9-12)19(16,17)13-10-6-3-7-11-13/h2-11,14H,1H3. The van der Waals surface area contributed by atoms with E-state index in [9.17, 15) is 8.42 Å². The molecule has 0 aromatic heterocycles. The lowest BCUT2D eigenvalue weighted by Crippen LogP contribution is -2.22. The summed E-state index contributed by atoms with van der Waals surface area (Å²) in [6.07, 6.45) is -0.390. The number of epoxide rings is 1. The van der Waals surface area contributed by atoms with Gasteiger partial charge in [-0.15, -0.1) is 0 Å². The highest BCUT2D eigenvalue weighted by Crippen LogP contribution is 2.54. The Balaban J connectivity index is 1.97. The second-order valence-corrected chi connectivity index (χ2v) is 7.03. The molecule has 0 saturated carbocycles. The third-order valence-electron chi connectivity index (χ3n) is 3.46. The molecule has 1 saturated heterocycles. The van der Waals surface area contributed by atoms with Crippen LogP contribution < -0.4 is 0 Å². The first-order chi connectivity index (χ1) is 9.06. The van der Waals surface area contributed by atoms with Crippen molar-refractivity contribution in [2.24, 2.45) is 0 Å². The van der Waals surface area contributed by atoms with Gasteiger partial charge in [0.25, 0.3) is 0 Å². The van der Waals surface area contributed by atoms with Crippen molar-refractivity contribution in [2.75, 3.05) is 0 Å². The normalized spacial score (nSPS) is 26.1. The van der Waals surface area contributed by atoms with E-state index < -0.39 is 14.8 Å². The van der Waals surface area contributed by atoms with Crippen LogP contribution in [-0.4, -0.2) is 13.4 Å². The van der Waals surface area contributed by atoms with E-state index in [0.29, 0.717) is 4.90 Å². The predicted octanol–water partition coefficient (Wildman–Crippen LogP) is 2.95. The fourth-order valence-corrected chi connectivity index (χ4v) is 3.86. The van der Waals surface area contributed by atoms with Gasteiger partial charge in [0.1, 0.15) is 6.10 Å². The van der Waals surface area contributed by atoms with Crippen LogP contribution in [-0.2, 0) is 14.6 Å². The first kappa shape index (κ1) is 12.4. The van der Waals surface area contributed by atoms with Crippen molar-refractivity contribution < 1.29 is 13.2 Å². The molecule has 3 nitrogen and oxygen atoms in total. The summed E-state index contributed by atoms with van der Waals surface area (Å²) in [6, 6.07) is 17.9. The summed E-state index contributed by atoms with van der Waals surface area (Å²) >= 11 is 0. The number of rotatable bonds is 3. The van der Waals surface area contributed by atoms with E-state index in [2.05, 4.69) is 0 Å². The third kappa shape index (κ3) is 1.88. The van der Waals surface area contributed by atoms with Gasteiger partial charge in [0.05, 0.1) is 4.90 Å². The van der Waals surface area contributed by atoms with Gasteiger partial charge < -0.3 is 4.74 Å². The van der Waals surface area contributed by atoms with E-state index in [1.165, 1.54) is 0 Å². The summed E-state index contributed by atoms with van der Waals surface area (Å²) in [6.45, 7) is 1.63. The molecule has 2 unspecified atom stereocenters. The van der Waals surface area contributed by atoms with Crippen molar-refractivity contribution in [3.63, 3.8) is 0 Å². The molecule has 1 aliphatic heterocycles. The van der Waals surface area contributed by atoms with Crippen LogP contribution in [0.5, 0.6) is 0 Å². The largest absolute Gasteiger partial charge is 0.344 e. The van der Waals surface area contributed by atoms with Crippen LogP contribution in [0.4, 0.5) is 0 Å². The van der Waals surface area contributed by atoms with Gasteiger partial charge >= 0.3 is 0 Å². The Hall–Kier alpha value is -1.65. The first-order valence-electron chi connectivity index (χ1n) is 6.08. The van der Waals surface area contributed by atoms with Crippen LogP contribution in [0.25, 0.3) is 0 Å². The first-order valence-corrected chi connectivity index (χ1v) is 7.56. The average molecular weight is 274 g/mol. The SMILES string of the molecule is CC1(S(=O)(=O)c2ccccc2)OC1c1ccccc1. The third-order valence-corrected chi connectivity index (χ3v) is 5.73. The van der Waals surface area contributed by atoms with E-state index in [1.807, 2.05) is 30.3 Å². The molecule has 1 aliphatic rings. The monoisotopic (exact) mass is 274 g/mol. The van der Waals surface area contributed by atoms with Gasteiger partial charge in [0, 0.05) is 0 Å². The molecule has 98 valence electrons. The fraction of sp³-hybridized carbons (Fsp3) is 0.200. The van der Waals surface area contributed by atoms with Gasteiger partial charge in [-0.05, 0) is 24.6 Å². The molecule has 1 fully saturated rings. The molecule has 0 radical (unpaired) electrons. The van der Waals surface area contributed by atoms with Gasteiger partial charge in [-0.2, -0.15) is 0 Å². The Bertz CT molecular complexity index is 680. The summed E-state index contributed by atoms with van der Waals surface area (Å²) in [5, 5.41) is 0. The minimum Gasteiger partial charge on any atom is -0.344 e. The molecule has 2 aromatic carbocycles. The summed E-state index contributed by atoms with van der Waals surface area (Å²) in [4.78, 5) is -0.855. The topological polar surface area (TPSA) is 46.7 Å². The second-order valence-electron chi connectivity index (χ2n) is 4.74. The summed E-state index contributed by atoms with van der Waals surface area (Å²) < 4.78 is 30.7. The lowest BCUT2D eigenvalue weighted by atomic mass is 10.1. The van der Waals surface area contributed by atoms with Crippen LogP contribution in [0.15, 0.2) is 65.6 Å². The molecule has 0 amide bonds. The van der Waals surface area contributed by atoms with Crippen LogP contribution in [0.1, 0.15) is 18.6 Å². The predicted molar refractivity (Wildman–Crippen MR) is 72.3 cm³/mol. The highest BCUT2D eigenvalue weighted by molar-refractivity contribution is 7.93. The smallest absolute Gasteiger partial charge is 0.210 e. The maximum atomic E-state index is 12.6. The molecular weight excluding hydrogens is 260 g/mol. The van der Waals surface area contributed by atoms with Crippen molar-refractivity contribution in [3.05, 3.63) is 66.2 Å². The molecule has 2 aromatic rings. The number of hydrogen-bond acceptors (Lipinski definition) is 3. The van der Waals surface area contributed by atoms with E-state index >= 15 is 0 Å².